The minimum absolute atomic E-state index is 0.00372. The molecule has 110 valence electrons. The van der Waals surface area contributed by atoms with Crippen molar-refractivity contribution in [2.75, 3.05) is 32.5 Å². The van der Waals surface area contributed by atoms with E-state index in [1.54, 1.807) is 12.1 Å². The summed E-state index contributed by atoms with van der Waals surface area (Å²) in [4.78, 5) is 2.27. The molecular formula is C14H19NO4S. The lowest BCUT2D eigenvalue weighted by atomic mass is 10.1. The highest BCUT2D eigenvalue weighted by molar-refractivity contribution is 7.86. The van der Waals surface area contributed by atoms with Gasteiger partial charge in [0, 0.05) is 19.6 Å². The van der Waals surface area contributed by atoms with Gasteiger partial charge in [0.05, 0.1) is 19.0 Å². The Kier molecular flexibility index (Phi) is 4.80. The van der Waals surface area contributed by atoms with Crippen molar-refractivity contribution in [2.24, 2.45) is 0 Å². The van der Waals surface area contributed by atoms with Gasteiger partial charge in [0.1, 0.15) is 5.75 Å². The lowest BCUT2D eigenvalue weighted by molar-refractivity contribution is -0.0260. The molecule has 0 amide bonds. The molecule has 0 unspecified atom stereocenters. The Bertz CT molecular complexity index is 553. The largest absolute Gasteiger partial charge is 0.383 e. The van der Waals surface area contributed by atoms with Crippen molar-refractivity contribution >= 4 is 10.1 Å². The topological polar surface area (TPSA) is 55.8 Å². The van der Waals surface area contributed by atoms with E-state index in [9.17, 15) is 8.42 Å². The average molecular weight is 297 g/mol. The molecule has 5 nitrogen and oxygen atoms in total. The summed E-state index contributed by atoms with van der Waals surface area (Å²) in [5, 5.41) is 0. The Morgan fingerprint density at radius 1 is 1.45 bits per heavy atom. The third kappa shape index (κ3) is 4.33. The molecule has 1 heterocycles. The zero-order valence-electron chi connectivity index (χ0n) is 11.5. The van der Waals surface area contributed by atoms with Gasteiger partial charge in [0.25, 0.3) is 0 Å². The van der Waals surface area contributed by atoms with Gasteiger partial charge in [0.2, 0.25) is 0 Å². The summed E-state index contributed by atoms with van der Waals surface area (Å²) in [6.45, 7) is 6.97. The molecule has 0 N–H and O–H groups in total. The van der Waals surface area contributed by atoms with Crippen LogP contribution in [0, 0.1) is 0 Å². The highest BCUT2D eigenvalue weighted by Crippen LogP contribution is 2.24. The van der Waals surface area contributed by atoms with Crippen molar-refractivity contribution in [1.82, 2.24) is 4.90 Å². The molecule has 1 fully saturated rings. The maximum atomic E-state index is 11.0. The van der Waals surface area contributed by atoms with E-state index in [0.29, 0.717) is 12.4 Å². The summed E-state index contributed by atoms with van der Waals surface area (Å²) in [6, 6.07) is 6.96. The van der Waals surface area contributed by atoms with Crippen molar-refractivity contribution in [3.05, 3.63) is 42.5 Å². The van der Waals surface area contributed by atoms with Gasteiger partial charge < -0.3 is 8.92 Å². The molecule has 20 heavy (non-hydrogen) atoms. The first-order valence-electron chi connectivity index (χ1n) is 6.42. The molecule has 0 spiro atoms. The fourth-order valence-electron chi connectivity index (χ4n) is 2.17. The van der Waals surface area contributed by atoms with E-state index in [0.717, 1.165) is 31.5 Å². The van der Waals surface area contributed by atoms with Gasteiger partial charge in [0.15, 0.2) is 0 Å². The molecule has 0 aromatic heterocycles. The van der Waals surface area contributed by atoms with Gasteiger partial charge in [-0.3, -0.25) is 4.90 Å². The van der Waals surface area contributed by atoms with Crippen LogP contribution in [0.25, 0.3) is 0 Å². The number of hydrogen-bond acceptors (Lipinski definition) is 5. The van der Waals surface area contributed by atoms with Crippen LogP contribution >= 0.6 is 0 Å². The van der Waals surface area contributed by atoms with Crippen molar-refractivity contribution in [3.63, 3.8) is 0 Å². The first-order valence-corrected chi connectivity index (χ1v) is 8.24. The van der Waals surface area contributed by atoms with E-state index in [2.05, 4.69) is 11.5 Å². The van der Waals surface area contributed by atoms with E-state index in [1.165, 1.54) is 0 Å². The molecule has 1 saturated heterocycles. The lowest BCUT2D eigenvalue weighted by Crippen LogP contribution is -2.38. The number of benzene rings is 1. The Labute approximate surface area is 119 Å². The van der Waals surface area contributed by atoms with Crippen LogP contribution in [0.2, 0.25) is 0 Å². The predicted molar refractivity (Wildman–Crippen MR) is 77.2 cm³/mol. The molecule has 0 saturated carbocycles. The maximum Gasteiger partial charge on any atom is 0.306 e. The van der Waals surface area contributed by atoms with Gasteiger partial charge in [-0.1, -0.05) is 18.2 Å². The molecular weight excluding hydrogens is 278 g/mol. The fourth-order valence-corrected chi connectivity index (χ4v) is 2.63. The quantitative estimate of drug-likeness (QED) is 0.610. The number of rotatable bonds is 5. The van der Waals surface area contributed by atoms with E-state index in [1.807, 2.05) is 18.2 Å². The summed E-state index contributed by atoms with van der Waals surface area (Å²) in [7, 11) is -3.48. The number of ether oxygens (including phenoxy) is 1. The molecule has 1 aromatic carbocycles. The maximum absolute atomic E-state index is 11.0. The molecule has 1 atom stereocenters. The molecule has 0 aliphatic carbocycles. The first kappa shape index (κ1) is 15.0. The van der Waals surface area contributed by atoms with E-state index < -0.39 is 10.1 Å². The average Bonchev–Trinajstić information content (AvgIpc) is 2.38. The van der Waals surface area contributed by atoms with Crippen LogP contribution in [-0.4, -0.2) is 45.8 Å². The Morgan fingerprint density at radius 2 is 2.15 bits per heavy atom. The summed E-state index contributed by atoms with van der Waals surface area (Å²) in [5.41, 5.74) is 1.01. The van der Waals surface area contributed by atoms with Gasteiger partial charge >= 0.3 is 10.1 Å². The Hall–Kier alpha value is -1.37. The van der Waals surface area contributed by atoms with Crippen molar-refractivity contribution in [2.45, 2.75) is 6.10 Å². The van der Waals surface area contributed by atoms with Gasteiger partial charge in [-0.25, -0.2) is 0 Å². The standard InChI is InChI=1S/C14H19NO4S/c1-3-8-15-9-10-18-14(11-15)12-4-6-13(7-5-12)19-20(2,16)17/h3-7,14H,1,8-11H2,2H3/t14-/m0/s1. The van der Waals surface area contributed by atoms with Gasteiger partial charge in [-0.2, -0.15) is 8.42 Å². The van der Waals surface area contributed by atoms with Crippen molar-refractivity contribution in [1.29, 1.82) is 0 Å². The van der Waals surface area contributed by atoms with Crippen LogP contribution in [0.5, 0.6) is 5.75 Å². The number of hydrogen-bond donors (Lipinski definition) is 0. The van der Waals surface area contributed by atoms with Crippen LogP contribution < -0.4 is 4.18 Å². The Morgan fingerprint density at radius 3 is 2.75 bits per heavy atom. The van der Waals surface area contributed by atoms with Crippen molar-refractivity contribution in [3.8, 4) is 5.75 Å². The monoisotopic (exact) mass is 297 g/mol. The second kappa shape index (κ2) is 6.39. The highest BCUT2D eigenvalue weighted by Gasteiger charge is 2.21. The summed E-state index contributed by atoms with van der Waals surface area (Å²) >= 11 is 0. The minimum Gasteiger partial charge on any atom is -0.383 e. The number of morpholine rings is 1. The molecule has 1 aromatic rings. The molecule has 6 heteroatoms. The predicted octanol–water partition coefficient (Wildman–Crippen LogP) is 1.58. The van der Waals surface area contributed by atoms with Crippen LogP contribution in [0.15, 0.2) is 36.9 Å². The smallest absolute Gasteiger partial charge is 0.306 e. The number of nitrogens with zero attached hydrogens (tertiary/aromatic N) is 1. The molecule has 1 aliphatic rings. The lowest BCUT2D eigenvalue weighted by Gasteiger charge is -2.32. The zero-order valence-corrected chi connectivity index (χ0v) is 12.3. The SMILES string of the molecule is C=CCN1CCO[C@H](c2ccc(OS(C)(=O)=O)cc2)C1. The third-order valence-electron chi connectivity index (χ3n) is 3.04. The zero-order chi connectivity index (χ0) is 14.6. The highest BCUT2D eigenvalue weighted by atomic mass is 32.2. The Balaban J connectivity index is 2.04. The van der Waals surface area contributed by atoms with Crippen LogP contribution in [-0.2, 0) is 14.9 Å². The second-order valence-electron chi connectivity index (χ2n) is 4.76. The van der Waals surface area contributed by atoms with E-state index >= 15 is 0 Å². The molecule has 0 radical (unpaired) electrons. The van der Waals surface area contributed by atoms with E-state index in [-0.39, 0.29) is 6.10 Å². The fraction of sp³-hybridized carbons (Fsp3) is 0.429. The first-order chi connectivity index (χ1) is 9.48. The summed E-state index contributed by atoms with van der Waals surface area (Å²) in [6.07, 6.45) is 2.90. The molecule has 2 rings (SSSR count). The van der Waals surface area contributed by atoms with Crippen molar-refractivity contribution < 1.29 is 17.3 Å². The van der Waals surface area contributed by atoms with Crippen LogP contribution in [0.1, 0.15) is 11.7 Å². The van der Waals surface area contributed by atoms with Gasteiger partial charge in [-0.05, 0) is 17.7 Å². The molecule has 0 bridgehead atoms. The minimum atomic E-state index is -3.48. The third-order valence-corrected chi connectivity index (χ3v) is 3.53. The van der Waals surface area contributed by atoms with Crippen LogP contribution in [0.4, 0.5) is 0 Å². The normalized spacial score (nSPS) is 20.6. The summed E-state index contributed by atoms with van der Waals surface area (Å²) < 4.78 is 32.6. The van der Waals surface area contributed by atoms with Crippen LogP contribution in [0.3, 0.4) is 0 Å². The summed E-state index contributed by atoms with van der Waals surface area (Å²) in [5.74, 6) is 0.315. The van der Waals surface area contributed by atoms with E-state index in [4.69, 9.17) is 8.92 Å². The van der Waals surface area contributed by atoms with Gasteiger partial charge in [-0.15, -0.1) is 6.58 Å². The molecule has 1 aliphatic heterocycles. The second-order valence-corrected chi connectivity index (χ2v) is 6.34.